The number of amides is 1. The van der Waals surface area contributed by atoms with Gasteiger partial charge in [-0.15, -0.1) is 0 Å². The summed E-state index contributed by atoms with van der Waals surface area (Å²) in [4.78, 5) is 11.8. The monoisotopic (exact) mass is 284 g/mol. The lowest BCUT2D eigenvalue weighted by molar-refractivity contribution is -0.137. The van der Waals surface area contributed by atoms with Gasteiger partial charge in [-0.25, -0.2) is 0 Å². The molecule has 0 aromatic heterocycles. The minimum absolute atomic E-state index is 0.183. The van der Waals surface area contributed by atoms with Crippen molar-refractivity contribution in [2.45, 2.75) is 19.1 Å². The number of halogens is 3. The highest BCUT2D eigenvalue weighted by Crippen LogP contribution is 2.29. The molecule has 0 fully saturated rings. The molecule has 1 heterocycles. The first kappa shape index (κ1) is 14.6. The van der Waals surface area contributed by atoms with Gasteiger partial charge in [0.25, 0.3) is 0 Å². The van der Waals surface area contributed by atoms with Crippen molar-refractivity contribution in [2.75, 3.05) is 13.1 Å². The Labute approximate surface area is 114 Å². The zero-order valence-electron chi connectivity index (χ0n) is 10.8. The molecule has 0 unspecified atom stereocenters. The minimum Gasteiger partial charge on any atom is -0.348 e. The average molecular weight is 284 g/mol. The highest BCUT2D eigenvalue weighted by atomic mass is 19.4. The average Bonchev–Trinajstić information content (AvgIpc) is 2.45. The molecule has 108 valence electrons. The number of benzene rings is 1. The van der Waals surface area contributed by atoms with Crippen LogP contribution in [0.15, 0.2) is 35.9 Å². The number of rotatable bonds is 3. The molecule has 0 radical (unpaired) electrons. The second-order valence-corrected chi connectivity index (χ2v) is 4.57. The fourth-order valence-corrected chi connectivity index (χ4v) is 1.92. The van der Waals surface area contributed by atoms with Gasteiger partial charge < -0.3 is 10.6 Å². The van der Waals surface area contributed by atoms with E-state index in [-0.39, 0.29) is 12.5 Å². The van der Waals surface area contributed by atoms with E-state index < -0.39 is 11.7 Å². The summed E-state index contributed by atoms with van der Waals surface area (Å²) in [6, 6.07) is 4.78. The third-order valence-corrected chi connectivity index (χ3v) is 3.05. The minimum atomic E-state index is -4.33. The van der Waals surface area contributed by atoms with Crippen molar-refractivity contribution in [3.8, 4) is 0 Å². The second kappa shape index (κ2) is 6.09. The standard InChI is InChI=1S/C14H15F3N2O/c15-14(16,17)12-5-3-10(4-6-12)8-19-13(20)11-2-1-7-18-9-11/h2-6,18H,1,7-9H2,(H,19,20). The van der Waals surface area contributed by atoms with Crippen LogP contribution in [0.25, 0.3) is 0 Å². The summed E-state index contributed by atoms with van der Waals surface area (Å²) in [5.41, 5.74) is 0.616. The molecule has 1 aromatic rings. The SMILES string of the molecule is O=C(NCc1ccc(C(F)(F)F)cc1)C1=CCCNC1. The maximum Gasteiger partial charge on any atom is 0.416 e. The van der Waals surface area contributed by atoms with Gasteiger partial charge in [-0.05, 0) is 30.7 Å². The first-order valence-corrected chi connectivity index (χ1v) is 6.31. The fraction of sp³-hybridized carbons (Fsp3) is 0.357. The zero-order chi connectivity index (χ0) is 14.6. The lowest BCUT2D eigenvalue weighted by atomic mass is 10.1. The van der Waals surface area contributed by atoms with Gasteiger partial charge in [-0.3, -0.25) is 4.79 Å². The first-order chi connectivity index (χ1) is 9.47. The second-order valence-electron chi connectivity index (χ2n) is 4.57. The molecule has 2 N–H and O–H groups in total. The molecule has 0 saturated heterocycles. The summed E-state index contributed by atoms with van der Waals surface area (Å²) in [5, 5.41) is 5.78. The van der Waals surface area contributed by atoms with E-state index in [0.717, 1.165) is 25.1 Å². The summed E-state index contributed by atoms with van der Waals surface area (Å²) in [7, 11) is 0. The molecule has 2 rings (SSSR count). The molecule has 1 aliphatic heterocycles. The van der Waals surface area contributed by atoms with E-state index in [1.165, 1.54) is 12.1 Å². The van der Waals surface area contributed by atoms with Crippen molar-refractivity contribution in [3.05, 3.63) is 47.0 Å². The highest BCUT2D eigenvalue weighted by Gasteiger charge is 2.29. The molecule has 0 saturated carbocycles. The summed E-state index contributed by atoms with van der Waals surface area (Å²) < 4.78 is 37.2. The van der Waals surface area contributed by atoms with Gasteiger partial charge in [0.2, 0.25) is 5.91 Å². The van der Waals surface area contributed by atoms with Gasteiger partial charge >= 0.3 is 6.18 Å². The topological polar surface area (TPSA) is 41.1 Å². The summed E-state index contributed by atoms with van der Waals surface area (Å²) >= 11 is 0. The summed E-state index contributed by atoms with van der Waals surface area (Å²) in [6.45, 7) is 1.60. The Morgan fingerprint density at radius 1 is 1.25 bits per heavy atom. The molecule has 6 heteroatoms. The van der Waals surface area contributed by atoms with Crippen LogP contribution < -0.4 is 10.6 Å². The molecule has 0 aliphatic carbocycles. The number of nitrogens with one attached hydrogen (secondary N) is 2. The van der Waals surface area contributed by atoms with Crippen molar-refractivity contribution < 1.29 is 18.0 Å². The van der Waals surface area contributed by atoms with Crippen LogP contribution in [0.4, 0.5) is 13.2 Å². The van der Waals surface area contributed by atoms with E-state index in [1.807, 2.05) is 6.08 Å². The Kier molecular flexibility index (Phi) is 4.44. The molecular weight excluding hydrogens is 269 g/mol. The molecular formula is C14H15F3N2O. The molecule has 0 spiro atoms. The third-order valence-electron chi connectivity index (χ3n) is 3.05. The molecule has 1 aliphatic rings. The predicted octanol–water partition coefficient (Wildman–Crippen LogP) is 2.24. The number of alkyl halides is 3. The van der Waals surface area contributed by atoms with E-state index in [4.69, 9.17) is 0 Å². The van der Waals surface area contributed by atoms with Crippen molar-refractivity contribution in [3.63, 3.8) is 0 Å². The molecule has 0 bridgehead atoms. The Hall–Kier alpha value is -1.82. The van der Waals surface area contributed by atoms with Crippen molar-refractivity contribution >= 4 is 5.91 Å². The number of hydrogen-bond acceptors (Lipinski definition) is 2. The lowest BCUT2D eigenvalue weighted by Crippen LogP contribution is -2.32. The van der Waals surface area contributed by atoms with Crippen LogP contribution in [0.1, 0.15) is 17.5 Å². The van der Waals surface area contributed by atoms with E-state index in [1.54, 1.807) is 0 Å². The van der Waals surface area contributed by atoms with Crippen LogP contribution in [0.2, 0.25) is 0 Å². The number of hydrogen-bond donors (Lipinski definition) is 2. The van der Waals surface area contributed by atoms with Crippen molar-refractivity contribution in [1.29, 1.82) is 0 Å². The van der Waals surface area contributed by atoms with Crippen LogP contribution in [-0.4, -0.2) is 19.0 Å². The molecule has 0 atom stereocenters. The van der Waals surface area contributed by atoms with Gasteiger partial charge in [0.15, 0.2) is 0 Å². The van der Waals surface area contributed by atoms with E-state index in [2.05, 4.69) is 10.6 Å². The van der Waals surface area contributed by atoms with E-state index in [0.29, 0.717) is 17.7 Å². The highest BCUT2D eigenvalue weighted by molar-refractivity contribution is 5.93. The molecule has 20 heavy (non-hydrogen) atoms. The number of carbonyl (C=O) groups excluding carboxylic acids is 1. The Bertz CT molecular complexity index is 506. The summed E-state index contributed by atoms with van der Waals surface area (Å²) in [6.07, 6.45) is -1.65. The van der Waals surface area contributed by atoms with Crippen LogP contribution >= 0.6 is 0 Å². The maximum absolute atomic E-state index is 12.4. The van der Waals surface area contributed by atoms with E-state index >= 15 is 0 Å². The van der Waals surface area contributed by atoms with Crippen LogP contribution in [0.3, 0.4) is 0 Å². The Morgan fingerprint density at radius 3 is 2.50 bits per heavy atom. The Morgan fingerprint density at radius 2 is 1.95 bits per heavy atom. The predicted molar refractivity (Wildman–Crippen MR) is 68.9 cm³/mol. The molecule has 1 amide bonds. The fourth-order valence-electron chi connectivity index (χ4n) is 1.92. The lowest BCUT2D eigenvalue weighted by Gasteiger charge is -2.14. The van der Waals surface area contributed by atoms with Crippen molar-refractivity contribution in [2.24, 2.45) is 0 Å². The van der Waals surface area contributed by atoms with Crippen LogP contribution in [-0.2, 0) is 17.5 Å². The van der Waals surface area contributed by atoms with Gasteiger partial charge in [-0.1, -0.05) is 18.2 Å². The quantitative estimate of drug-likeness (QED) is 0.893. The van der Waals surface area contributed by atoms with E-state index in [9.17, 15) is 18.0 Å². The third kappa shape index (κ3) is 3.84. The van der Waals surface area contributed by atoms with Crippen LogP contribution in [0.5, 0.6) is 0 Å². The maximum atomic E-state index is 12.4. The van der Waals surface area contributed by atoms with Crippen LogP contribution in [0, 0.1) is 0 Å². The zero-order valence-corrected chi connectivity index (χ0v) is 10.8. The van der Waals surface area contributed by atoms with Crippen molar-refractivity contribution in [1.82, 2.24) is 10.6 Å². The number of carbonyl (C=O) groups is 1. The Balaban J connectivity index is 1.91. The normalized spacial score (nSPS) is 15.7. The smallest absolute Gasteiger partial charge is 0.348 e. The first-order valence-electron chi connectivity index (χ1n) is 6.31. The largest absolute Gasteiger partial charge is 0.416 e. The molecule has 1 aromatic carbocycles. The molecule has 3 nitrogen and oxygen atoms in total. The van der Waals surface area contributed by atoms with Gasteiger partial charge in [-0.2, -0.15) is 13.2 Å². The summed E-state index contributed by atoms with van der Waals surface area (Å²) in [5.74, 6) is -0.183. The van der Waals surface area contributed by atoms with Gasteiger partial charge in [0.05, 0.1) is 5.56 Å². The van der Waals surface area contributed by atoms with Gasteiger partial charge in [0, 0.05) is 18.7 Å². The van der Waals surface area contributed by atoms with Gasteiger partial charge in [0.1, 0.15) is 0 Å².